The molecule has 1 rings (SSSR count). The van der Waals surface area contributed by atoms with E-state index in [0.29, 0.717) is 0 Å². The molecule has 0 fully saturated rings. The molecule has 0 unspecified atom stereocenters. The maximum absolute atomic E-state index is 12.2. The van der Waals surface area contributed by atoms with E-state index < -0.39 is 16.9 Å². The number of halogens is 5. The van der Waals surface area contributed by atoms with Gasteiger partial charge >= 0.3 is 6.18 Å². The van der Waals surface area contributed by atoms with Gasteiger partial charge in [-0.25, -0.2) is 4.98 Å². The monoisotopic (exact) mass is 307 g/mol. The average molecular weight is 307 g/mol. The second-order valence-electron chi connectivity index (χ2n) is 1.96. The van der Waals surface area contributed by atoms with Crippen LogP contribution < -0.4 is 0 Å². The van der Waals surface area contributed by atoms with Crippen LogP contribution in [-0.2, 0) is 6.18 Å². The molecule has 1 aromatic heterocycles. The first-order chi connectivity index (χ1) is 5.43. The van der Waals surface area contributed by atoms with Crippen LogP contribution >= 0.6 is 34.2 Å². The number of pyridine rings is 1. The Bertz CT molecular complexity index is 279. The fraction of sp³-hybridized carbons (Fsp3) is 0.167. The highest BCUT2D eigenvalue weighted by Crippen LogP contribution is 2.36. The second kappa shape index (κ2) is 3.37. The van der Waals surface area contributed by atoms with Gasteiger partial charge in [-0.1, -0.05) is 11.6 Å². The Balaban J connectivity index is 3.31. The third-order valence-corrected chi connectivity index (χ3v) is 2.32. The first-order valence-corrected chi connectivity index (χ1v) is 4.26. The first-order valence-electron chi connectivity index (χ1n) is 2.80. The maximum atomic E-state index is 12.2. The lowest BCUT2D eigenvalue weighted by molar-refractivity contribution is -0.138. The predicted octanol–water partition coefficient (Wildman–Crippen LogP) is 3.36. The molecule has 0 radical (unpaired) electrons. The van der Waals surface area contributed by atoms with Gasteiger partial charge in [0.25, 0.3) is 0 Å². The third kappa shape index (κ3) is 2.01. The van der Waals surface area contributed by atoms with Crippen molar-refractivity contribution in [2.45, 2.75) is 6.18 Å². The number of hydrogen-bond acceptors (Lipinski definition) is 1. The summed E-state index contributed by atoms with van der Waals surface area (Å²) in [6, 6.07) is 1.26. The zero-order valence-electron chi connectivity index (χ0n) is 5.49. The van der Waals surface area contributed by atoms with Crippen LogP contribution in [0.2, 0.25) is 5.15 Å². The number of nitrogens with zero attached hydrogens (tertiary/aromatic N) is 1. The highest BCUT2D eigenvalue weighted by molar-refractivity contribution is 14.1. The van der Waals surface area contributed by atoms with E-state index in [2.05, 4.69) is 4.98 Å². The lowest BCUT2D eigenvalue weighted by atomic mass is 10.3. The first kappa shape index (κ1) is 10.0. The Morgan fingerprint density at radius 2 is 2.00 bits per heavy atom. The summed E-state index contributed by atoms with van der Waals surface area (Å²) in [6.45, 7) is 0. The van der Waals surface area contributed by atoms with E-state index in [4.69, 9.17) is 11.6 Å². The molecule has 0 aromatic carbocycles. The van der Waals surface area contributed by atoms with Crippen molar-refractivity contribution < 1.29 is 13.2 Å². The minimum atomic E-state index is -4.43. The normalized spacial score (nSPS) is 11.8. The highest BCUT2D eigenvalue weighted by atomic mass is 127. The van der Waals surface area contributed by atoms with Gasteiger partial charge in [-0.2, -0.15) is 13.2 Å². The SMILES string of the molecule is FC(F)(F)c1c(I)ccnc1Cl. The molecule has 6 heteroatoms. The van der Waals surface area contributed by atoms with Crippen molar-refractivity contribution in [3.05, 3.63) is 26.5 Å². The van der Waals surface area contributed by atoms with Gasteiger partial charge in [0.2, 0.25) is 0 Å². The number of rotatable bonds is 0. The van der Waals surface area contributed by atoms with Crippen molar-refractivity contribution in [3.63, 3.8) is 0 Å². The summed E-state index contributed by atoms with van der Waals surface area (Å²) in [7, 11) is 0. The van der Waals surface area contributed by atoms with Gasteiger partial charge < -0.3 is 0 Å². The molecule has 0 amide bonds. The van der Waals surface area contributed by atoms with E-state index in [1.807, 2.05) is 0 Å². The van der Waals surface area contributed by atoms with Crippen LogP contribution in [0.15, 0.2) is 12.3 Å². The predicted molar refractivity (Wildman–Crippen MR) is 47.0 cm³/mol. The molecule has 0 aliphatic heterocycles. The Kier molecular flexibility index (Phi) is 2.82. The van der Waals surface area contributed by atoms with Crippen molar-refractivity contribution in [1.82, 2.24) is 4.98 Å². The van der Waals surface area contributed by atoms with Crippen LogP contribution in [0.5, 0.6) is 0 Å². The Hall–Kier alpha value is -0.0400. The number of aromatic nitrogens is 1. The van der Waals surface area contributed by atoms with Crippen molar-refractivity contribution >= 4 is 34.2 Å². The quantitative estimate of drug-likeness (QED) is 0.529. The maximum Gasteiger partial charge on any atom is 0.420 e. The smallest absolute Gasteiger partial charge is 0.244 e. The molecular formula is C6H2ClF3IN. The molecule has 0 atom stereocenters. The van der Waals surface area contributed by atoms with E-state index in [1.54, 1.807) is 22.6 Å². The summed E-state index contributed by atoms with van der Waals surface area (Å²) in [6.07, 6.45) is -3.19. The molecule has 0 saturated carbocycles. The van der Waals surface area contributed by atoms with Gasteiger partial charge in [-0.05, 0) is 28.7 Å². The molecule has 1 nitrogen and oxygen atoms in total. The zero-order chi connectivity index (χ0) is 9.35. The van der Waals surface area contributed by atoms with Crippen LogP contribution in [0.3, 0.4) is 0 Å². The van der Waals surface area contributed by atoms with E-state index in [0.717, 1.165) is 0 Å². The van der Waals surface area contributed by atoms with Crippen LogP contribution in [0.4, 0.5) is 13.2 Å². The van der Waals surface area contributed by atoms with E-state index >= 15 is 0 Å². The molecule has 0 saturated heterocycles. The molecule has 0 N–H and O–H groups in total. The summed E-state index contributed by atoms with van der Waals surface area (Å²) in [5.41, 5.74) is -0.868. The van der Waals surface area contributed by atoms with Crippen molar-refractivity contribution in [2.75, 3.05) is 0 Å². The van der Waals surface area contributed by atoms with Gasteiger partial charge in [0, 0.05) is 9.77 Å². The zero-order valence-corrected chi connectivity index (χ0v) is 8.41. The molecule has 0 spiro atoms. The summed E-state index contributed by atoms with van der Waals surface area (Å²) in [4.78, 5) is 3.35. The lowest BCUT2D eigenvalue weighted by Gasteiger charge is -2.09. The molecule has 1 aromatic rings. The summed E-state index contributed by atoms with van der Waals surface area (Å²) < 4.78 is 36.6. The molecule has 0 aliphatic carbocycles. The fourth-order valence-corrected chi connectivity index (χ4v) is 1.81. The van der Waals surface area contributed by atoms with Gasteiger partial charge in [0.05, 0.1) is 0 Å². The van der Waals surface area contributed by atoms with Crippen molar-refractivity contribution in [1.29, 1.82) is 0 Å². The molecule has 0 bridgehead atoms. The van der Waals surface area contributed by atoms with Crippen LogP contribution in [0, 0.1) is 3.57 Å². The Morgan fingerprint density at radius 1 is 1.42 bits per heavy atom. The second-order valence-corrected chi connectivity index (χ2v) is 3.48. The molecular weight excluding hydrogens is 305 g/mol. The summed E-state index contributed by atoms with van der Waals surface area (Å²) >= 11 is 6.85. The van der Waals surface area contributed by atoms with Gasteiger partial charge in [-0.15, -0.1) is 0 Å². The molecule has 66 valence electrons. The number of alkyl halides is 3. The number of hydrogen-bond donors (Lipinski definition) is 0. The van der Waals surface area contributed by atoms with Crippen LogP contribution in [0.25, 0.3) is 0 Å². The topological polar surface area (TPSA) is 12.9 Å². The van der Waals surface area contributed by atoms with E-state index in [-0.39, 0.29) is 3.57 Å². The lowest BCUT2D eigenvalue weighted by Crippen LogP contribution is -2.09. The van der Waals surface area contributed by atoms with E-state index in [1.165, 1.54) is 12.3 Å². The fourth-order valence-electron chi connectivity index (χ4n) is 0.667. The van der Waals surface area contributed by atoms with Gasteiger partial charge in [0.1, 0.15) is 10.7 Å². The van der Waals surface area contributed by atoms with Crippen molar-refractivity contribution in [3.8, 4) is 0 Å². The van der Waals surface area contributed by atoms with Crippen LogP contribution in [-0.4, -0.2) is 4.98 Å². The van der Waals surface area contributed by atoms with Gasteiger partial charge in [-0.3, -0.25) is 0 Å². The summed E-state index contributed by atoms with van der Waals surface area (Å²) in [5.74, 6) is 0. The minimum Gasteiger partial charge on any atom is -0.244 e. The largest absolute Gasteiger partial charge is 0.420 e. The third-order valence-electron chi connectivity index (χ3n) is 1.14. The molecule has 0 aliphatic rings. The minimum absolute atomic E-state index is 0.0556. The summed E-state index contributed by atoms with van der Waals surface area (Å²) in [5, 5.41) is -0.505. The van der Waals surface area contributed by atoms with Gasteiger partial charge in [0.15, 0.2) is 0 Å². The van der Waals surface area contributed by atoms with Crippen molar-refractivity contribution in [2.24, 2.45) is 0 Å². The van der Waals surface area contributed by atoms with E-state index in [9.17, 15) is 13.2 Å². The Morgan fingerprint density at radius 3 is 2.33 bits per heavy atom. The highest BCUT2D eigenvalue weighted by Gasteiger charge is 2.36. The standard InChI is InChI=1S/C6H2ClF3IN/c7-5-4(6(8,9)10)3(11)1-2-12-5/h1-2H. The molecule has 12 heavy (non-hydrogen) atoms. The Labute approximate surface area is 85.1 Å². The van der Waals surface area contributed by atoms with Crippen LogP contribution in [0.1, 0.15) is 5.56 Å². The average Bonchev–Trinajstić information content (AvgIpc) is 1.82. The molecule has 1 heterocycles.